The van der Waals surface area contributed by atoms with Gasteiger partial charge in [-0.15, -0.1) is 0 Å². The molecule has 8 nitrogen and oxygen atoms in total. The number of hydrogen-bond acceptors (Lipinski definition) is 6. The molecule has 2 atom stereocenters. The number of carbonyl (C=O) groups is 2. The number of allylic oxidation sites excluding steroid dienone is 6. The van der Waals surface area contributed by atoms with Crippen molar-refractivity contribution < 1.29 is 32.6 Å². The number of carboxylic acids is 1. The fraction of sp³-hybridized carbons (Fsp3) is 0.200. The number of benzene rings is 1. The third-order valence-corrected chi connectivity index (χ3v) is 5.64. The van der Waals surface area contributed by atoms with Gasteiger partial charge in [0.1, 0.15) is 17.7 Å². The first kappa shape index (κ1) is 22.0. The van der Waals surface area contributed by atoms with E-state index in [4.69, 9.17) is 9.84 Å². The van der Waals surface area contributed by atoms with E-state index in [0.717, 1.165) is 0 Å². The molecule has 0 saturated carbocycles. The van der Waals surface area contributed by atoms with Gasteiger partial charge in [0.05, 0.1) is 17.6 Å². The Morgan fingerprint density at radius 2 is 1.93 bits per heavy atom. The normalized spacial score (nSPS) is 17.5. The van der Waals surface area contributed by atoms with E-state index < -0.39 is 28.0 Å². The molecule has 0 aromatic heterocycles. The zero-order valence-corrected chi connectivity index (χ0v) is 16.5. The van der Waals surface area contributed by atoms with E-state index in [9.17, 15) is 22.8 Å². The van der Waals surface area contributed by atoms with E-state index in [-0.39, 0.29) is 16.2 Å². The van der Waals surface area contributed by atoms with E-state index in [1.54, 1.807) is 12.2 Å². The Bertz CT molecular complexity index is 1040. The molecule has 0 bridgehead atoms. The highest BCUT2D eigenvalue weighted by Crippen LogP contribution is 2.22. The molecule has 2 N–H and O–H groups in total. The number of carbonyl (C=O) groups excluding carboxylic acids is 2. The van der Waals surface area contributed by atoms with Gasteiger partial charge in [0.15, 0.2) is 5.78 Å². The molecule has 0 spiro atoms. The number of carboxylic acid groups (broad SMARTS) is 1. The van der Waals surface area contributed by atoms with Crippen molar-refractivity contribution in [2.45, 2.75) is 17.9 Å². The molecule has 1 aliphatic carbocycles. The average Bonchev–Trinajstić information content (AvgIpc) is 2.71. The van der Waals surface area contributed by atoms with Crippen molar-refractivity contribution in [3.8, 4) is 0 Å². The van der Waals surface area contributed by atoms with Crippen LogP contribution < -0.4 is 4.72 Å². The van der Waals surface area contributed by atoms with Crippen LogP contribution in [0, 0.1) is 5.92 Å². The first-order valence-electron chi connectivity index (χ1n) is 8.44. The molecule has 0 heterocycles. The number of methoxy groups -OCH3 is 1. The van der Waals surface area contributed by atoms with Crippen LogP contribution in [0.4, 0.5) is 0 Å². The second-order valence-electron chi connectivity index (χ2n) is 6.12. The number of ketones is 1. The van der Waals surface area contributed by atoms with Crippen molar-refractivity contribution in [1.82, 2.24) is 4.72 Å². The lowest BCUT2D eigenvalue weighted by atomic mass is 9.94. The fourth-order valence-corrected chi connectivity index (χ4v) is 3.63. The fourth-order valence-electron chi connectivity index (χ4n) is 2.43. The molecule has 2 unspecified atom stereocenters. The van der Waals surface area contributed by atoms with Gasteiger partial charge in [-0.2, -0.15) is 4.72 Å². The minimum absolute atomic E-state index is 0.162. The Labute approximate surface area is 167 Å². The van der Waals surface area contributed by atoms with E-state index in [2.05, 4.69) is 0 Å². The molecule has 0 saturated heterocycles. The summed E-state index contributed by atoms with van der Waals surface area (Å²) in [7, 11) is -2.56. The maximum atomic E-state index is 12.3. The summed E-state index contributed by atoms with van der Waals surface area (Å²) in [6.45, 7) is 1.20. The highest BCUT2D eigenvalue weighted by Gasteiger charge is 2.21. The molecule has 1 aromatic rings. The van der Waals surface area contributed by atoms with Gasteiger partial charge in [-0.05, 0) is 49.4 Å². The van der Waals surface area contributed by atoms with Gasteiger partial charge in [-0.25, -0.2) is 13.2 Å². The summed E-state index contributed by atoms with van der Waals surface area (Å²) in [5, 5.41) is 8.82. The lowest BCUT2D eigenvalue weighted by Crippen LogP contribution is -2.38. The van der Waals surface area contributed by atoms with Crippen LogP contribution in [-0.4, -0.2) is 44.4 Å². The Kier molecular flexibility index (Phi) is 7.06. The molecule has 0 fully saturated rings. The van der Waals surface area contributed by atoms with E-state index >= 15 is 0 Å². The van der Waals surface area contributed by atoms with Crippen molar-refractivity contribution in [1.29, 1.82) is 0 Å². The van der Waals surface area contributed by atoms with Crippen molar-refractivity contribution in [3.63, 3.8) is 0 Å². The largest absolute Gasteiger partial charge is 0.497 e. The predicted octanol–water partition coefficient (Wildman–Crippen LogP) is 1.65. The Hall–Kier alpha value is -3.26. The molecule has 0 radical (unpaired) electrons. The summed E-state index contributed by atoms with van der Waals surface area (Å²) in [6.07, 6.45) is 7.70. The van der Waals surface area contributed by atoms with Crippen LogP contribution in [0.2, 0.25) is 0 Å². The van der Waals surface area contributed by atoms with Gasteiger partial charge in [-0.3, -0.25) is 9.59 Å². The predicted molar refractivity (Wildman–Crippen MR) is 104 cm³/mol. The van der Waals surface area contributed by atoms with Crippen molar-refractivity contribution in [2.75, 3.05) is 7.11 Å². The number of rotatable bonds is 8. The van der Waals surface area contributed by atoms with Gasteiger partial charge >= 0.3 is 5.97 Å². The number of aliphatic carboxylic acids is 1. The molecule has 0 amide bonds. The third-order valence-electron chi connectivity index (χ3n) is 4.08. The number of sulfonamides is 1. The van der Waals surface area contributed by atoms with Crippen molar-refractivity contribution in [3.05, 3.63) is 71.5 Å². The van der Waals surface area contributed by atoms with Crippen LogP contribution in [0.25, 0.3) is 0 Å². The summed E-state index contributed by atoms with van der Waals surface area (Å²) in [5.74, 6) is 0.184. The van der Waals surface area contributed by atoms with Gasteiger partial charge in [-0.1, -0.05) is 12.2 Å². The van der Waals surface area contributed by atoms with Gasteiger partial charge in [0.2, 0.25) is 10.0 Å². The summed E-state index contributed by atoms with van der Waals surface area (Å²) in [6, 6.07) is 3.78. The molecular formula is C20H19NO7S. The molecule has 0 aliphatic heterocycles. The van der Waals surface area contributed by atoms with Crippen molar-refractivity contribution in [2.24, 2.45) is 5.92 Å². The van der Waals surface area contributed by atoms with Crippen molar-refractivity contribution >= 4 is 27.7 Å². The second-order valence-corrected chi connectivity index (χ2v) is 7.84. The van der Waals surface area contributed by atoms with Gasteiger partial charge in [0.25, 0.3) is 0 Å². The molecule has 1 aliphatic rings. The lowest BCUT2D eigenvalue weighted by molar-refractivity contribution is -0.138. The van der Waals surface area contributed by atoms with Crippen LogP contribution in [0.15, 0.2) is 70.9 Å². The minimum atomic E-state index is -4.03. The topological polar surface area (TPSA) is 127 Å². The Morgan fingerprint density at radius 1 is 1.28 bits per heavy atom. The maximum absolute atomic E-state index is 12.3. The van der Waals surface area contributed by atoms with E-state index in [1.807, 2.05) is 10.7 Å². The van der Waals surface area contributed by atoms with E-state index in [1.165, 1.54) is 56.5 Å². The first-order valence-corrected chi connectivity index (χ1v) is 9.93. The standard InChI is InChI=1S/C20H19NO7S/c1-13(20(24)25)21-29(26,27)18-8-4-15(5-9-18)19(23)10-6-14-3-7-17(28-2)11-16(14)12-22/h3-11,13-14,21H,1-2H3,(H,24,25)/b10-6+. The Morgan fingerprint density at radius 3 is 2.48 bits per heavy atom. The lowest BCUT2D eigenvalue weighted by Gasteiger charge is -2.12. The second kappa shape index (κ2) is 9.29. The van der Waals surface area contributed by atoms with Crippen LogP contribution in [0.1, 0.15) is 17.3 Å². The summed E-state index contributed by atoms with van der Waals surface area (Å²) in [5.41, 5.74) is 0.546. The molecule has 9 heteroatoms. The van der Waals surface area contributed by atoms with Gasteiger partial charge in [0, 0.05) is 11.5 Å². The number of hydrogen-bond donors (Lipinski definition) is 2. The smallest absolute Gasteiger partial charge is 0.321 e. The van der Waals surface area contributed by atoms with E-state index in [0.29, 0.717) is 11.3 Å². The quantitative estimate of drug-likeness (QED) is 0.374. The van der Waals surface area contributed by atoms with Crippen LogP contribution in [0.5, 0.6) is 0 Å². The summed E-state index contributed by atoms with van der Waals surface area (Å²) >= 11 is 0. The van der Waals surface area contributed by atoms with Gasteiger partial charge < -0.3 is 9.84 Å². The Balaban J connectivity index is 2.12. The third kappa shape index (κ3) is 5.61. The number of nitrogens with one attached hydrogen (secondary N) is 1. The SMILES string of the molecule is COC1=CC(=C=O)C(/C=C/C(=O)c2ccc(S(=O)(=O)NC(C)C(=O)O)cc2)C=C1. The molecule has 152 valence electrons. The van der Waals surface area contributed by atoms with Crippen LogP contribution >= 0.6 is 0 Å². The zero-order chi connectivity index (χ0) is 21.6. The number of ether oxygens (including phenoxy) is 1. The van der Waals surface area contributed by atoms with Crippen LogP contribution in [0.3, 0.4) is 0 Å². The molecule has 1 aromatic carbocycles. The molecule has 2 rings (SSSR count). The average molecular weight is 417 g/mol. The monoisotopic (exact) mass is 417 g/mol. The molecular weight excluding hydrogens is 398 g/mol. The molecule has 29 heavy (non-hydrogen) atoms. The van der Waals surface area contributed by atoms with Crippen LogP contribution in [-0.2, 0) is 24.3 Å². The summed E-state index contributed by atoms with van der Waals surface area (Å²) < 4.78 is 31.3. The maximum Gasteiger partial charge on any atom is 0.321 e. The highest BCUT2D eigenvalue weighted by atomic mass is 32.2. The highest BCUT2D eigenvalue weighted by molar-refractivity contribution is 7.89. The first-order chi connectivity index (χ1) is 13.7. The zero-order valence-electron chi connectivity index (χ0n) is 15.7. The summed E-state index contributed by atoms with van der Waals surface area (Å²) in [4.78, 5) is 34.1. The minimum Gasteiger partial charge on any atom is -0.497 e.